The standard InChI is InChI=1S/C16H26N2O/c17-18-15(11-12-16-10-5-13-19-16)9-4-8-14-6-2-1-3-7-14/h1-3,6-7,15-16,18H,4-5,8-13,17H2. The molecule has 0 saturated carbocycles. The van der Waals surface area contributed by atoms with Crippen molar-refractivity contribution in [2.24, 2.45) is 5.84 Å². The Kier molecular flexibility index (Phi) is 6.34. The fourth-order valence-electron chi connectivity index (χ4n) is 2.77. The zero-order valence-corrected chi connectivity index (χ0v) is 11.7. The molecule has 1 aliphatic heterocycles. The Morgan fingerprint density at radius 1 is 1.26 bits per heavy atom. The molecule has 19 heavy (non-hydrogen) atoms. The highest BCUT2D eigenvalue weighted by atomic mass is 16.5. The van der Waals surface area contributed by atoms with Crippen LogP contribution in [0, 0.1) is 0 Å². The quantitative estimate of drug-likeness (QED) is 0.559. The monoisotopic (exact) mass is 262 g/mol. The number of benzene rings is 1. The van der Waals surface area contributed by atoms with E-state index in [4.69, 9.17) is 10.6 Å². The van der Waals surface area contributed by atoms with E-state index >= 15 is 0 Å². The molecule has 3 nitrogen and oxygen atoms in total. The molecule has 2 atom stereocenters. The third-order valence-electron chi connectivity index (χ3n) is 3.96. The summed E-state index contributed by atoms with van der Waals surface area (Å²) in [6.45, 7) is 0.944. The third kappa shape index (κ3) is 5.31. The lowest BCUT2D eigenvalue weighted by molar-refractivity contribution is 0.0992. The second kappa shape index (κ2) is 8.31. The number of nitrogens with one attached hydrogen (secondary N) is 1. The smallest absolute Gasteiger partial charge is 0.0576 e. The fourth-order valence-corrected chi connectivity index (χ4v) is 2.77. The SMILES string of the molecule is NNC(CCCc1ccccc1)CCC1CCCO1. The first-order valence-corrected chi connectivity index (χ1v) is 7.50. The summed E-state index contributed by atoms with van der Waals surface area (Å²) in [5.74, 6) is 5.65. The Labute approximate surface area is 116 Å². The van der Waals surface area contributed by atoms with Crippen LogP contribution < -0.4 is 11.3 Å². The van der Waals surface area contributed by atoms with E-state index in [0.717, 1.165) is 32.3 Å². The molecule has 1 fully saturated rings. The van der Waals surface area contributed by atoms with Gasteiger partial charge in [0.05, 0.1) is 6.10 Å². The molecule has 0 aromatic heterocycles. The van der Waals surface area contributed by atoms with E-state index in [9.17, 15) is 0 Å². The van der Waals surface area contributed by atoms with Crippen LogP contribution in [0.1, 0.15) is 44.1 Å². The zero-order valence-electron chi connectivity index (χ0n) is 11.7. The number of nitrogens with two attached hydrogens (primary N) is 1. The van der Waals surface area contributed by atoms with Gasteiger partial charge in [-0.25, -0.2) is 0 Å². The molecular formula is C16H26N2O. The molecule has 0 bridgehead atoms. The number of hydrogen-bond donors (Lipinski definition) is 2. The molecule has 1 aliphatic rings. The maximum Gasteiger partial charge on any atom is 0.0576 e. The van der Waals surface area contributed by atoms with E-state index in [1.54, 1.807) is 0 Å². The summed E-state index contributed by atoms with van der Waals surface area (Å²) >= 11 is 0. The number of aryl methyl sites for hydroxylation is 1. The van der Waals surface area contributed by atoms with Gasteiger partial charge in [-0.15, -0.1) is 0 Å². The van der Waals surface area contributed by atoms with Crippen LogP contribution >= 0.6 is 0 Å². The molecule has 1 aromatic rings. The Bertz CT molecular complexity index is 336. The highest BCUT2D eigenvalue weighted by molar-refractivity contribution is 5.14. The predicted molar refractivity (Wildman–Crippen MR) is 78.7 cm³/mol. The Balaban J connectivity index is 1.61. The van der Waals surface area contributed by atoms with Crippen LogP contribution in [0.15, 0.2) is 30.3 Å². The van der Waals surface area contributed by atoms with E-state index in [1.807, 2.05) is 0 Å². The number of rotatable bonds is 8. The minimum Gasteiger partial charge on any atom is -0.378 e. The van der Waals surface area contributed by atoms with Crippen molar-refractivity contribution in [3.05, 3.63) is 35.9 Å². The summed E-state index contributed by atoms with van der Waals surface area (Å²) in [5, 5.41) is 0. The minimum atomic E-state index is 0.424. The van der Waals surface area contributed by atoms with Crippen molar-refractivity contribution >= 4 is 0 Å². The lowest BCUT2D eigenvalue weighted by atomic mass is 10.00. The highest BCUT2D eigenvalue weighted by Gasteiger charge is 2.17. The van der Waals surface area contributed by atoms with Crippen LogP contribution in [-0.2, 0) is 11.2 Å². The van der Waals surface area contributed by atoms with Crippen LogP contribution in [-0.4, -0.2) is 18.8 Å². The van der Waals surface area contributed by atoms with Gasteiger partial charge in [0, 0.05) is 12.6 Å². The van der Waals surface area contributed by atoms with Gasteiger partial charge < -0.3 is 4.74 Å². The van der Waals surface area contributed by atoms with Gasteiger partial charge in [-0.05, 0) is 50.5 Å². The fraction of sp³-hybridized carbons (Fsp3) is 0.625. The van der Waals surface area contributed by atoms with E-state index in [-0.39, 0.29) is 0 Å². The number of hydrogen-bond acceptors (Lipinski definition) is 3. The van der Waals surface area contributed by atoms with Gasteiger partial charge in [-0.1, -0.05) is 30.3 Å². The largest absolute Gasteiger partial charge is 0.378 e. The van der Waals surface area contributed by atoms with E-state index < -0.39 is 0 Å². The zero-order chi connectivity index (χ0) is 13.3. The molecule has 3 N–H and O–H groups in total. The average molecular weight is 262 g/mol. The molecule has 2 rings (SSSR count). The van der Waals surface area contributed by atoms with Crippen molar-refractivity contribution in [2.45, 2.75) is 57.1 Å². The topological polar surface area (TPSA) is 47.3 Å². The van der Waals surface area contributed by atoms with E-state index in [2.05, 4.69) is 35.8 Å². The van der Waals surface area contributed by atoms with E-state index in [0.29, 0.717) is 12.1 Å². The number of ether oxygens (including phenoxy) is 1. The van der Waals surface area contributed by atoms with E-state index in [1.165, 1.54) is 24.8 Å². The van der Waals surface area contributed by atoms with Gasteiger partial charge >= 0.3 is 0 Å². The first-order chi connectivity index (χ1) is 9.38. The maximum atomic E-state index is 5.65. The summed E-state index contributed by atoms with van der Waals surface area (Å²) in [4.78, 5) is 0. The second-order valence-electron chi connectivity index (χ2n) is 5.45. The van der Waals surface area contributed by atoms with Crippen molar-refractivity contribution in [3.8, 4) is 0 Å². The van der Waals surface area contributed by atoms with Gasteiger partial charge in [0.2, 0.25) is 0 Å². The molecule has 1 saturated heterocycles. The molecule has 0 spiro atoms. The molecule has 1 aromatic carbocycles. The van der Waals surface area contributed by atoms with Crippen LogP contribution in [0.2, 0.25) is 0 Å². The van der Waals surface area contributed by atoms with Crippen molar-refractivity contribution in [1.29, 1.82) is 0 Å². The van der Waals surface area contributed by atoms with Crippen molar-refractivity contribution in [2.75, 3.05) is 6.61 Å². The third-order valence-corrected chi connectivity index (χ3v) is 3.96. The maximum absolute atomic E-state index is 5.65. The predicted octanol–water partition coefficient (Wildman–Crippen LogP) is 2.80. The van der Waals surface area contributed by atoms with Gasteiger partial charge in [0.1, 0.15) is 0 Å². The normalized spacial score (nSPS) is 20.6. The van der Waals surface area contributed by atoms with Crippen molar-refractivity contribution in [1.82, 2.24) is 5.43 Å². The Hall–Kier alpha value is -0.900. The molecule has 1 heterocycles. The lowest BCUT2D eigenvalue weighted by Gasteiger charge is -2.17. The van der Waals surface area contributed by atoms with Crippen LogP contribution in [0.5, 0.6) is 0 Å². The Morgan fingerprint density at radius 3 is 2.79 bits per heavy atom. The van der Waals surface area contributed by atoms with Gasteiger partial charge in [0.25, 0.3) is 0 Å². The Morgan fingerprint density at radius 2 is 2.11 bits per heavy atom. The second-order valence-corrected chi connectivity index (χ2v) is 5.45. The van der Waals surface area contributed by atoms with Gasteiger partial charge in [-0.2, -0.15) is 0 Å². The van der Waals surface area contributed by atoms with Gasteiger partial charge in [0.15, 0.2) is 0 Å². The lowest BCUT2D eigenvalue weighted by Crippen LogP contribution is -2.35. The molecule has 0 radical (unpaired) electrons. The molecule has 3 heteroatoms. The molecule has 106 valence electrons. The summed E-state index contributed by atoms with van der Waals surface area (Å²) < 4.78 is 5.65. The summed E-state index contributed by atoms with van der Waals surface area (Å²) in [6.07, 6.45) is 8.64. The van der Waals surface area contributed by atoms with Crippen molar-refractivity contribution in [3.63, 3.8) is 0 Å². The molecule has 0 aliphatic carbocycles. The summed E-state index contributed by atoms with van der Waals surface area (Å²) in [6, 6.07) is 11.1. The molecular weight excluding hydrogens is 236 g/mol. The summed E-state index contributed by atoms with van der Waals surface area (Å²) in [7, 11) is 0. The first-order valence-electron chi connectivity index (χ1n) is 7.50. The molecule has 0 amide bonds. The number of hydrazine groups is 1. The van der Waals surface area contributed by atoms with Crippen LogP contribution in [0.4, 0.5) is 0 Å². The summed E-state index contributed by atoms with van der Waals surface area (Å²) in [5.41, 5.74) is 4.37. The highest BCUT2D eigenvalue weighted by Crippen LogP contribution is 2.19. The first kappa shape index (κ1) is 14.5. The average Bonchev–Trinajstić information content (AvgIpc) is 2.97. The van der Waals surface area contributed by atoms with Gasteiger partial charge in [-0.3, -0.25) is 11.3 Å². The minimum absolute atomic E-state index is 0.424. The molecule has 2 unspecified atom stereocenters. The van der Waals surface area contributed by atoms with Crippen LogP contribution in [0.25, 0.3) is 0 Å². The van der Waals surface area contributed by atoms with Crippen LogP contribution in [0.3, 0.4) is 0 Å². The van der Waals surface area contributed by atoms with Crippen molar-refractivity contribution < 1.29 is 4.74 Å².